The Kier molecular flexibility index (Phi) is 5.58. The standard InChI is InChI=1S/C17H21NO4/c1-21-15-8-5-13(6-9-15)7-10-16(19)18-11-3-4-14(12-18)17(20)22-2/h5-10,14H,3-4,11-12H2,1-2H3/b10-7+. The predicted octanol–water partition coefficient (Wildman–Crippen LogP) is 2.12. The van der Waals surface area contributed by atoms with E-state index in [2.05, 4.69) is 0 Å². The molecule has 1 aromatic carbocycles. The topological polar surface area (TPSA) is 55.8 Å². The molecule has 5 nitrogen and oxygen atoms in total. The largest absolute Gasteiger partial charge is 0.497 e. The van der Waals surface area contributed by atoms with Crippen molar-refractivity contribution in [2.24, 2.45) is 5.92 Å². The lowest BCUT2D eigenvalue weighted by molar-refractivity contribution is -0.148. The summed E-state index contributed by atoms with van der Waals surface area (Å²) in [6.45, 7) is 1.11. The van der Waals surface area contributed by atoms with Crippen LogP contribution >= 0.6 is 0 Å². The summed E-state index contributed by atoms with van der Waals surface area (Å²) in [5.74, 6) is 0.249. The van der Waals surface area contributed by atoms with Gasteiger partial charge in [-0.25, -0.2) is 0 Å². The second-order valence-electron chi connectivity index (χ2n) is 5.25. The van der Waals surface area contributed by atoms with Crippen LogP contribution in [-0.2, 0) is 14.3 Å². The van der Waals surface area contributed by atoms with Crippen LogP contribution in [0.3, 0.4) is 0 Å². The van der Waals surface area contributed by atoms with Crippen LogP contribution in [0.5, 0.6) is 5.75 Å². The number of piperidine rings is 1. The lowest BCUT2D eigenvalue weighted by atomic mass is 9.98. The van der Waals surface area contributed by atoms with Crippen molar-refractivity contribution < 1.29 is 19.1 Å². The van der Waals surface area contributed by atoms with Gasteiger partial charge < -0.3 is 14.4 Å². The minimum atomic E-state index is -0.239. The maximum absolute atomic E-state index is 12.2. The Hall–Kier alpha value is -2.30. The summed E-state index contributed by atoms with van der Waals surface area (Å²) in [5.41, 5.74) is 0.927. The van der Waals surface area contributed by atoms with Crippen molar-refractivity contribution in [2.75, 3.05) is 27.3 Å². The van der Waals surface area contributed by atoms with E-state index in [1.807, 2.05) is 24.3 Å². The third-order valence-corrected chi connectivity index (χ3v) is 3.80. The summed E-state index contributed by atoms with van der Waals surface area (Å²) < 4.78 is 9.85. The number of carbonyl (C=O) groups excluding carboxylic acids is 2. The number of rotatable bonds is 4. The predicted molar refractivity (Wildman–Crippen MR) is 83.3 cm³/mol. The number of amides is 1. The smallest absolute Gasteiger partial charge is 0.310 e. The Bertz CT molecular complexity index is 550. The minimum absolute atomic E-state index is 0.0792. The molecule has 2 rings (SSSR count). The molecule has 1 heterocycles. The molecule has 0 radical (unpaired) electrons. The Balaban J connectivity index is 1.95. The normalized spacial score (nSPS) is 18.3. The molecule has 1 atom stereocenters. The monoisotopic (exact) mass is 303 g/mol. The zero-order valence-electron chi connectivity index (χ0n) is 13.0. The molecule has 0 bridgehead atoms. The molecule has 1 aliphatic heterocycles. The number of esters is 1. The van der Waals surface area contributed by atoms with Gasteiger partial charge in [0.15, 0.2) is 0 Å². The number of benzene rings is 1. The summed E-state index contributed by atoms with van der Waals surface area (Å²) in [6.07, 6.45) is 4.91. The molecule has 1 unspecified atom stereocenters. The van der Waals surface area contributed by atoms with Crippen LogP contribution in [0.1, 0.15) is 18.4 Å². The van der Waals surface area contributed by atoms with Crippen molar-refractivity contribution in [1.29, 1.82) is 0 Å². The average molecular weight is 303 g/mol. The highest BCUT2D eigenvalue weighted by Crippen LogP contribution is 2.18. The molecule has 5 heteroatoms. The first-order valence-electron chi connectivity index (χ1n) is 7.33. The maximum atomic E-state index is 12.2. The third kappa shape index (κ3) is 4.10. The first-order valence-corrected chi connectivity index (χ1v) is 7.33. The van der Waals surface area contributed by atoms with Gasteiger partial charge in [0.2, 0.25) is 5.91 Å². The van der Waals surface area contributed by atoms with E-state index in [4.69, 9.17) is 9.47 Å². The number of hydrogen-bond donors (Lipinski definition) is 0. The number of carbonyl (C=O) groups is 2. The molecule has 0 aromatic heterocycles. The van der Waals surface area contributed by atoms with Crippen LogP contribution in [-0.4, -0.2) is 44.1 Å². The molecule has 1 saturated heterocycles. The van der Waals surface area contributed by atoms with Gasteiger partial charge in [0.05, 0.1) is 20.1 Å². The lowest BCUT2D eigenvalue weighted by Gasteiger charge is -2.30. The Morgan fingerprint density at radius 2 is 1.95 bits per heavy atom. The molecular formula is C17H21NO4. The Morgan fingerprint density at radius 1 is 1.23 bits per heavy atom. The number of likely N-dealkylation sites (tertiary alicyclic amines) is 1. The van der Waals surface area contributed by atoms with Crippen molar-refractivity contribution in [1.82, 2.24) is 4.90 Å². The number of ether oxygens (including phenoxy) is 2. The second kappa shape index (κ2) is 7.64. The van der Waals surface area contributed by atoms with Crippen molar-refractivity contribution in [2.45, 2.75) is 12.8 Å². The molecule has 1 amide bonds. The van der Waals surface area contributed by atoms with E-state index in [-0.39, 0.29) is 17.8 Å². The second-order valence-corrected chi connectivity index (χ2v) is 5.25. The van der Waals surface area contributed by atoms with Crippen LogP contribution < -0.4 is 4.74 Å². The van der Waals surface area contributed by atoms with E-state index in [9.17, 15) is 9.59 Å². The third-order valence-electron chi connectivity index (χ3n) is 3.80. The van der Waals surface area contributed by atoms with Crippen LogP contribution in [0.15, 0.2) is 30.3 Å². The van der Waals surface area contributed by atoms with Gasteiger partial charge in [-0.2, -0.15) is 0 Å². The highest BCUT2D eigenvalue weighted by atomic mass is 16.5. The quantitative estimate of drug-likeness (QED) is 0.631. The molecule has 0 aliphatic carbocycles. The number of methoxy groups -OCH3 is 2. The molecular weight excluding hydrogens is 282 g/mol. The van der Waals surface area contributed by atoms with Gasteiger partial charge in [0, 0.05) is 19.2 Å². The van der Waals surface area contributed by atoms with E-state index < -0.39 is 0 Å². The summed E-state index contributed by atoms with van der Waals surface area (Å²) >= 11 is 0. The molecule has 1 aliphatic rings. The van der Waals surface area contributed by atoms with Crippen LogP contribution in [0.2, 0.25) is 0 Å². The summed E-state index contributed by atoms with van der Waals surface area (Å²) in [4.78, 5) is 25.5. The van der Waals surface area contributed by atoms with E-state index in [1.54, 1.807) is 24.2 Å². The van der Waals surface area contributed by atoms with Gasteiger partial charge in [-0.15, -0.1) is 0 Å². The van der Waals surface area contributed by atoms with Gasteiger partial charge in [-0.3, -0.25) is 9.59 Å². The van der Waals surface area contributed by atoms with E-state index >= 15 is 0 Å². The molecule has 1 fully saturated rings. The summed E-state index contributed by atoms with van der Waals surface area (Å²) in [6, 6.07) is 7.46. The molecule has 1 aromatic rings. The van der Waals surface area contributed by atoms with E-state index in [0.29, 0.717) is 13.1 Å². The lowest BCUT2D eigenvalue weighted by Crippen LogP contribution is -2.41. The molecule has 0 spiro atoms. The Labute approximate surface area is 130 Å². The zero-order chi connectivity index (χ0) is 15.9. The van der Waals surface area contributed by atoms with Crippen LogP contribution in [0.25, 0.3) is 6.08 Å². The molecule has 118 valence electrons. The zero-order valence-corrected chi connectivity index (χ0v) is 13.0. The van der Waals surface area contributed by atoms with Crippen molar-refractivity contribution in [3.63, 3.8) is 0 Å². The Morgan fingerprint density at radius 3 is 2.59 bits per heavy atom. The van der Waals surface area contributed by atoms with E-state index in [0.717, 1.165) is 24.2 Å². The van der Waals surface area contributed by atoms with Gasteiger partial charge in [0.25, 0.3) is 0 Å². The molecule has 22 heavy (non-hydrogen) atoms. The summed E-state index contributed by atoms with van der Waals surface area (Å²) in [7, 11) is 3.00. The van der Waals surface area contributed by atoms with Gasteiger partial charge in [-0.1, -0.05) is 12.1 Å². The fourth-order valence-corrected chi connectivity index (χ4v) is 2.52. The van der Waals surface area contributed by atoms with Crippen LogP contribution in [0, 0.1) is 5.92 Å². The van der Waals surface area contributed by atoms with Crippen molar-refractivity contribution >= 4 is 18.0 Å². The van der Waals surface area contributed by atoms with E-state index in [1.165, 1.54) is 7.11 Å². The van der Waals surface area contributed by atoms with Crippen molar-refractivity contribution in [3.8, 4) is 5.75 Å². The highest BCUT2D eigenvalue weighted by molar-refractivity contribution is 5.92. The molecule has 0 N–H and O–H groups in total. The first kappa shape index (κ1) is 16.1. The van der Waals surface area contributed by atoms with Gasteiger partial charge in [-0.05, 0) is 36.6 Å². The minimum Gasteiger partial charge on any atom is -0.497 e. The van der Waals surface area contributed by atoms with Crippen molar-refractivity contribution in [3.05, 3.63) is 35.9 Å². The highest BCUT2D eigenvalue weighted by Gasteiger charge is 2.28. The first-order chi connectivity index (χ1) is 10.6. The fourth-order valence-electron chi connectivity index (χ4n) is 2.52. The SMILES string of the molecule is COC(=O)C1CCCN(C(=O)/C=C/c2ccc(OC)cc2)C1. The fraction of sp³-hybridized carbons (Fsp3) is 0.412. The van der Waals surface area contributed by atoms with Gasteiger partial charge >= 0.3 is 5.97 Å². The van der Waals surface area contributed by atoms with Gasteiger partial charge in [0.1, 0.15) is 5.75 Å². The maximum Gasteiger partial charge on any atom is 0.310 e. The number of hydrogen-bond acceptors (Lipinski definition) is 4. The summed E-state index contributed by atoms with van der Waals surface area (Å²) in [5, 5.41) is 0. The molecule has 0 saturated carbocycles. The number of nitrogens with zero attached hydrogens (tertiary/aromatic N) is 1. The average Bonchev–Trinajstić information content (AvgIpc) is 2.59. The van der Waals surface area contributed by atoms with Crippen LogP contribution in [0.4, 0.5) is 0 Å².